The van der Waals surface area contributed by atoms with Gasteiger partial charge in [-0.1, -0.05) is 42.0 Å². The summed E-state index contributed by atoms with van der Waals surface area (Å²) in [4.78, 5) is 13.7. The molecule has 0 aromatic carbocycles. The highest BCUT2D eigenvalue weighted by atomic mass is 32.2. The highest BCUT2D eigenvalue weighted by Crippen LogP contribution is 2.31. The molecule has 0 aliphatic heterocycles. The SMILES string of the molecule is O=C(CSc1nnc(NCCc2cccs2)s1)Nc1ccnn1C1CCCC1. The van der Waals surface area contributed by atoms with Crippen molar-refractivity contribution in [3.8, 4) is 0 Å². The Morgan fingerprint density at radius 1 is 1.29 bits per heavy atom. The van der Waals surface area contributed by atoms with Crippen LogP contribution < -0.4 is 10.6 Å². The highest BCUT2D eigenvalue weighted by molar-refractivity contribution is 8.01. The van der Waals surface area contributed by atoms with Crippen LogP contribution in [0.3, 0.4) is 0 Å². The number of nitrogens with one attached hydrogen (secondary N) is 2. The summed E-state index contributed by atoms with van der Waals surface area (Å²) in [5.41, 5.74) is 0. The summed E-state index contributed by atoms with van der Waals surface area (Å²) in [5, 5.41) is 21.8. The summed E-state index contributed by atoms with van der Waals surface area (Å²) in [7, 11) is 0. The van der Waals surface area contributed by atoms with Gasteiger partial charge in [-0.05, 0) is 30.7 Å². The molecule has 28 heavy (non-hydrogen) atoms. The predicted molar refractivity (Wildman–Crippen MR) is 116 cm³/mol. The second-order valence-corrected chi connectivity index (χ2v) is 9.80. The first-order chi connectivity index (χ1) is 13.8. The Morgan fingerprint density at radius 3 is 3.00 bits per heavy atom. The third-order valence-electron chi connectivity index (χ3n) is 4.57. The van der Waals surface area contributed by atoms with Crippen molar-refractivity contribution in [2.75, 3.05) is 22.9 Å². The van der Waals surface area contributed by atoms with Gasteiger partial charge in [0.05, 0.1) is 18.0 Å². The number of hydrogen-bond donors (Lipinski definition) is 2. The van der Waals surface area contributed by atoms with Gasteiger partial charge in [0.25, 0.3) is 0 Å². The lowest BCUT2D eigenvalue weighted by atomic mass is 10.2. The summed E-state index contributed by atoms with van der Waals surface area (Å²) in [6.07, 6.45) is 7.44. The van der Waals surface area contributed by atoms with Crippen LogP contribution in [-0.4, -0.2) is 38.2 Å². The van der Waals surface area contributed by atoms with E-state index in [1.165, 1.54) is 40.8 Å². The summed E-state index contributed by atoms with van der Waals surface area (Å²) in [5.74, 6) is 1.04. The Morgan fingerprint density at radius 2 is 2.18 bits per heavy atom. The number of carbonyl (C=O) groups excluding carboxylic acids is 1. The molecular weight excluding hydrogens is 412 g/mol. The predicted octanol–water partition coefficient (Wildman–Crippen LogP) is 4.30. The molecule has 3 aromatic rings. The quantitative estimate of drug-likeness (QED) is 0.489. The van der Waals surface area contributed by atoms with Gasteiger partial charge in [-0.25, -0.2) is 4.68 Å². The Kier molecular flexibility index (Phi) is 6.61. The lowest BCUT2D eigenvalue weighted by Gasteiger charge is -2.14. The third-order valence-corrected chi connectivity index (χ3v) is 7.52. The fourth-order valence-electron chi connectivity index (χ4n) is 3.25. The molecule has 1 saturated carbocycles. The number of hydrogen-bond acceptors (Lipinski definition) is 8. The fraction of sp³-hybridized carbons (Fsp3) is 0.444. The van der Waals surface area contributed by atoms with Gasteiger partial charge in [-0.2, -0.15) is 5.10 Å². The Balaban J connectivity index is 1.22. The molecule has 0 radical (unpaired) electrons. The van der Waals surface area contributed by atoms with E-state index in [0.29, 0.717) is 11.8 Å². The molecule has 7 nitrogen and oxygen atoms in total. The maximum Gasteiger partial charge on any atom is 0.235 e. The molecular formula is C18H22N6OS3. The largest absolute Gasteiger partial charge is 0.360 e. The second kappa shape index (κ2) is 9.53. The number of thioether (sulfide) groups is 1. The number of carbonyl (C=O) groups is 1. The lowest BCUT2D eigenvalue weighted by Crippen LogP contribution is -2.19. The van der Waals surface area contributed by atoms with Crippen molar-refractivity contribution in [2.24, 2.45) is 0 Å². The van der Waals surface area contributed by atoms with E-state index in [9.17, 15) is 4.79 Å². The average molecular weight is 435 g/mol. The normalized spacial score (nSPS) is 14.4. The zero-order chi connectivity index (χ0) is 19.2. The van der Waals surface area contributed by atoms with Crippen molar-refractivity contribution < 1.29 is 4.79 Å². The molecule has 4 rings (SSSR count). The summed E-state index contributed by atoms with van der Waals surface area (Å²) in [6, 6.07) is 6.46. The summed E-state index contributed by atoms with van der Waals surface area (Å²) in [6.45, 7) is 0.825. The molecule has 0 atom stereocenters. The van der Waals surface area contributed by atoms with Crippen LogP contribution in [0.25, 0.3) is 0 Å². The molecule has 148 valence electrons. The number of amides is 1. The minimum atomic E-state index is -0.0489. The van der Waals surface area contributed by atoms with Crippen molar-refractivity contribution in [3.05, 3.63) is 34.7 Å². The zero-order valence-corrected chi connectivity index (χ0v) is 17.8. The molecule has 0 spiro atoms. The molecule has 1 amide bonds. The van der Waals surface area contributed by atoms with Crippen molar-refractivity contribution in [1.29, 1.82) is 0 Å². The van der Waals surface area contributed by atoms with Crippen LogP contribution in [0.2, 0.25) is 0 Å². The van der Waals surface area contributed by atoms with Crippen LogP contribution in [-0.2, 0) is 11.2 Å². The minimum Gasteiger partial charge on any atom is -0.360 e. The Bertz CT molecular complexity index is 885. The fourth-order valence-corrected chi connectivity index (χ4v) is 5.53. The van der Waals surface area contributed by atoms with Gasteiger partial charge in [0, 0.05) is 17.5 Å². The standard InChI is InChI=1S/C18H22N6OS3/c25-16(21-15-8-10-20-24(15)13-4-1-2-5-13)12-27-18-23-22-17(28-18)19-9-7-14-6-3-11-26-14/h3,6,8,10-11,13H,1-2,4-5,7,9,12H2,(H,19,22)(H,21,25). The van der Waals surface area contributed by atoms with Gasteiger partial charge in [0.15, 0.2) is 4.34 Å². The van der Waals surface area contributed by atoms with Crippen molar-refractivity contribution >= 4 is 51.3 Å². The van der Waals surface area contributed by atoms with Crippen molar-refractivity contribution in [1.82, 2.24) is 20.0 Å². The van der Waals surface area contributed by atoms with Crippen molar-refractivity contribution in [3.63, 3.8) is 0 Å². The zero-order valence-electron chi connectivity index (χ0n) is 15.3. The average Bonchev–Trinajstić information content (AvgIpc) is 3.47. The second-order valence-electron chi connectivity index (χ2n) is 6.57. The smallest absolute Gasteiger partial charge is 0.235 e. The number of aromatic nitrogens is 4. The van der Waals surface area contributed by atoms with Crippen LogP contribution in [0.15, 0.2) is 34.1 Å². The van der Waals surface area contributed by atoms with Crippen LogP contribution in [0, 0.1) is 0 Å². The van der Waals surface area contributed by atoms with Gasteiger partial charge in [0.2, 0.25) is 11.0 Å². The van der Waals surface area contributed by atoms with E-state index in [1.54, 1.807) is 17.5 Å². The highest BCUT2D eigenvalue weighted by Gasteiger charge is 2.20. The maximum atomic E-state index is 12.3. The first-order valence-corrected chi connectivity index (χ1v) is 12.0. The monoisotopic (exact) mass is 434 g/mol. The first kappa shape index (κ1) is 19.4. The van der Waals surface area contributed by atoms with Crippen LogP contribution in [0.1, 0.15) is 36.6 Å². The summed E-state index contributed by atoms with van der Waals surface area (Å²) >= 11 is 4.64. The first-order valence-electron chi connectivity index (χ1n) is 9.34. The van der Waals surface area contributed by atoms with Crippen LogP contribution in [0.4, 0.5) is 10.9 Å². The van der Waals surface area contributed by atoms with Crippen molar-refractivity contribution in [2.45, 2.75) is 42.5 Å². The Labute approximate surface area is 176 Å². The molecule has 0 saturated heterocycles. The number of thiophene rings is 1. The molecule has 1 aliphatic rings. The molecule has 0 unspecified atom stereocenters. The van der Waals surface area contributed by atoms with Gasteiger partial charge in [0.1, 0.15) is 5.82 Å². The van der Waals surface area contributed by atoms with Gasteiger partial charge < -0.3 is 10.6 Å². The lowest BCUT2D eigenvalue weighted by molar-refractivity contribution is -0.113. The molecule has 2 N–H and O–H groups in total. The van der Waals surface area contributed by atoms with E-state index in [2.05, 4.69) is 43.4 Å². The number of rotatable bonds is 9. The third kappa shape index (κ3) is 5.12. The summed E-state index contributed by atoms with van der Waals surface area (Å²) < 4.78 is 2.74. The number of anilines is 2. The molecule has 3 aromatic heterocycles. The Hall–Kier alpha value is -1.91. The maximum absolute atomic E-state index is 12.3. The molecule has 1 fully saturated rings. The van der Waals surface area contributed by atoms with E-state index in [-0.39, 0.29) is 5.91 Å². The molecule has 1 aliphatic carbocycles. The van der Waals surface area contributed by atoms with E-state index in [1.807, 2.05) is 10.7 Å². The van der Waals surface area contributed by atoms with E-state index < -0.39 is 0 Å². The van der Waals surface area contributed by atoms with E-state index >= 15 is 0 Å². The molecule has 3 heterocycles. The molecule has 0 bridgehead atoms. The van der Waals surface area contributed by atoms with Crippen LogP contribution >= 0.6 is 34.4 Å². The van der Waals surface area contributed by atoms with Gasteiger partial charge in [-0.3, -0.25) is 4.79 Å². The molecule has 10 heteroatoms. The van der Waals surface area contributed by atoms with Gasteiger partial charge >= 0.3 is 0 Å². The topological polar surface area (TPSA) is 84.7 Å². The number of nitrogens with zero attached hydrogens (tertiary/aromatic N) is 4. The minimum absolute atomic E-state index is 0.0489. The van der Waals surface area contributed by atoms with Crippen LogP contribution in [0.5, 0.6) is 0 Å². The van der Waals surface area contributed by atoms with Gasteiger partial charge in [-0.15, -0.1) is 21.5 Å². The van der Waals surface area contributed by atoms with E-state index in [0.717, 1.165) is 41.1 Å². The van der Waals surface area contributed by atoms with E-state index in [4.69, 9.17) is 0 Å².